The Morgan fingerprint density at radius 3 is 2.67 bits per heavy atom. The van der Waals surface area contributed by atoms with Gasteiger partial charge in [0, 0.05) is 19.2 Å². The molecule has 0 aromatic heterocycles. The largest absolute Gasteiger partial charge is 0.389 e. The Balaban J connectivity index is 3.64. The molecule has 2 atom stereocenters. The minimum absolute atomic E-state index is 0.369. The summed E-state index contributed by atoms with van der Waals surface area (Å²) >= 11 is 1.87. The molecule has 0 aliphatic rings. The van der Waals surface area contributed by atoms with Crippen molar-refractivity contribution in [1.29, 1.82) is 0 Å². The van der Waals surface area contributed by atoms with Crippen LogP contribution in [0, 0.1) is 0 Å². The molecular formula is C11H25NO2S. The van der Waals surface area contributed by atoms with E-state index in [1.807, 2.05) is 18.7 Å². The van der Waals surface area contributed by atoms with Gasteiger partial charge in [-0.1, -0.05) is 0 Å². The van der Waals surface area contributed by atoms with Crippen LogP contribution in [0.15, 0.2) is 0 Å². The first-order valence-electron chi connectivity index (χ1n) is 5.56. The highest BCUT2D eigenvalue weighted by atomic mass is 32.2. The Morgan fingerprint density at radius 2 is 2.13 bits per heavy atom. The average Bonchev–Trinajstić information content (AvgIpc) is 2.22. The van der Waals surface area contributed by atoms with Gasteiger partial charge in [0.2, 0.25) is 0 Å². The summed E-state index contributed by atoms with van der Waals surface area (Å²) in [5.41, 5.74) is 0. The van der Waals surface area contributed by atoms with E-state index in [4.69, 9.17) is 4.74 Å². The predicted octanol–water partition coefficient (Wildman–Crippen LogP) is 1.46. The summed E-state index contributed by atoms with van der Waals surface area (Å²) in [4.78, 5) is 2.19. The first-order valence-corrected chi connectivity index (χ1v) is 6.96. The monoisotopic (exact) mass is 235 g/mol. The Bertz CT molecular complexity index is 147. The van der Waals surface area contributed by atoms with Crippen molar-refractivity contribution in [1.82, 2.24) is 4.90 Å². The third-order valence-corrected chi connectivity index (χ3v) is 3.15. The molecule has 0 amide bonds. The van der Waals surface area contributed by atoms with Crippen LogP contribution in [-0.4, -0.2) is 61.0 Å². The van der Waals surface area contributed by atoms with Crippen LogP contribution in [0.25, 0.3) is 0 Å². The summed E-state index contributed by atoms with van der Waals surface area (Å²) in [6, 6.07) is 0.522. The van der Waals surface area contributed by atoms with E-state index >= 15 is 0 Å². The van der Waals surface area contributed by atoms with E-state index in [0.717, 1.165) is 0 Å². The molecule has 0 bridgehead atoms. The molecule has 0 rings (SSSR count). The van der Waals surface area contributed by atoms with Gasteiger partial charge in [0.15, 0.2) is 0 Å². The van der Waals surface area contributed by atoms with E-state index in [0.29, 0.717) is 25.8 Å². The fraction of sp³-hybridized carbons (Fsp3) is 1.00. The number of hydrogen-bond donors (Lipinski definition) is 1. The first-order chi connectivity index (χ1) is 7.11. The van der Waals surface area contributed by atoms with Crippen LogP contribution in [0.5, 0.6) is 0 Å². The summed E-state index contributed by atoms with van der Waals surface area (Å²) in [6.45, 7) is 5.94. The summed E-state index contributed by atoms with van der Waals surface area (Å²) in [5, 5.41) is 9.65. The zero-order valence-corrected chi connectivity index (χ0v) is 11.2. The molecule has 0 aliphatic heterocycles. The summed E-state index contributed by atoms with van der Waals surface area (Å²) in [5.74, 6) is 1.17. The maximum Gasteiger partial charge on any atom is 0.0900 e. The highest BCUT2D eigenvalue weighted by Crippen LogP contribution is 2.06. The molecule has 0 heterocycles. The Labute approximate surface area is 98.2 Å². The zero-order chi connectivity index (χ0) is 11.7. The quantitative estimate of drug-likeness (QED) is 0.656. The van der Waals surface area contributed by atoms with E-state index in [1.54, 1.807) is 0 Å². The van der Waals surface area contributed by atoms with E-state index in [-0.39, 0.29) is 6.10 Å². The van der Waals surface area contributed by atoms with Gasteiger partial charge in [0.1, 0.15) is 0 Å². The molecule has 15 heavy (non-hydrogen) atoms. The zero-order valence-electron chi connectivity index (χ0n) is 10.4. The predicted molar refractivity (Wildman–Crippen MR) is 67.6 cm³/mol. The second-order valence-electron chi connectivity index (χ2n) is 3.88. The molecule has 1 N–H and O–H groups in total. The van der Waals surface area contributed by atoms with Crippen LogP contribution in [0.1, 0.15) is 20.3 Å². The van der Waals surface area contributed by atoms with Gasteiger partial charge in [-0.05, 0) is 39.3 Å². The summed E-state index contributed by atoms with van der Waals surface area (Å²) < 4.78 is 5.18. The van der Waals surface area contributed by atoms with Gasteiger partial charge in [-0.3, -0.25) is 0 Å². The molecule has 0 aromatic rings. The minimum atomic E-state index is -0.369. The summed E-state index contributed by atoms with van der Waals surface area (Å²) in [7, 11) is 2.06. The van der Waals surface area contributed by atoms with Gasteiger partial charge in [-0.2, -0.15) is 11.8 Å². The van der Waals surface area contributed by atoms with Crippen molar-refractivity contribution in [3.63, 3.8) is 0 Å². The summed E-state index contributed by atoms with van der Waals surface area (Å²) in [6.07, 6.45) is 2.92. The third kappa shape index (κ3) is 8.08. The lowest BCUT2D eigenvalue weighted by Crippen LogP contribution is -2.38. The Hall–Kier alpha value is 0.230. The van der Waals surface area contributed by atoms with Crippen LogP contribution >= 0.6 is 11.8 Å². The van der Waals surface area contributed by atoms with Crippen LogP contribution in [0.2, 0.25) is 0 Å². The number of nitrogens with zero attached hydrogens (tertiary/aromatic N) is 1. The molecular weight excluding hydrogens is 210 g/mol. The highest BCUT2D eigenvalue weighted by Gasteiger charge is 2.13. The van der Waals surface area contributed by atoms with Crippen molar-refractivity contribution < 1.29 is 9.84 Å². The molecule has 2 unspecified atom stereocenters. The number of rotatable bonds is 9. The number of aliphatic hydroxyl groups excluding tert-OH is 1. The fourth-order valence-electron chi connectivity index (χ4n) is 1.33. The SMILES string of the molecule is CCOCC(O)CN(C)C(C)CCSC. The van der Waals surface area contributed by atoms with Crippen molar-refractivity contribution >= 4 is 11.8 Å². The number of thioether (sulfide) groups is 1. The van der Waals surface area contributed by atoms with Gasteiger partial charge >= 0.3 is 0 Å². The molecule has 0 spiro atoms. The number of hydrogen-bond acceptors (Lipinski definition) is 4. The fourth-order valence-corrected chi connectivity index (χ4v) is 1.90. The van der Waals surface area contributed by atoms with Gasteiger partial charge in [0.05, 0.1) is 12.7 Å². The Morgan fingerprint density at radius 1 is 1.47 bits per heavy atom. The molecule has 0 saturated carbocycles. The number of aliphatic hydroxyl groups is 1. The second kappa shape index (κ2) is 9.46. The van der Waals surface area contributed by atoms with Crippen LogP contribution < -0.4 is 0 Å². The van der Waals surface area contributed by atoms with E-state index < -0.39 is 0 Å². The molecule has 0 aliphatic carbocycles. The molecule has 3 nitrogen and oxygen atoms in total. The molecule has 0 radical (unpaired) electrons. The van der Waals surface area contributed by atoms with Gasteiger partial charge in [-0.25, -0.2) is 0 Å². The molecule has 0 aromatic carbocycles. The number of ether oxygens (including phenoxy) is 1. The minimum Gasteiger partial charge on any atom is -0.389 e. The van der Waals surface area contributed by atoms with E-state index in [1.165, 1.54) is 12.2 Å². The van der Waals surface area contributed by atoms with Crippen molar-refractivity contribution in [2.24, 2.45) is 0 Å². The molecule has 92 valence electrons. The Kier molecular flexibility index (Phi) is 9.60. The second-order valence-corrected chi connectivity index (χ2v) is 4.87. The maximum atomic E-state index is 9.65. The van der Waals surface area contributed by atoms with Crippen LogP contribution in [0.3, 0.4) is 0 Å². The smallest absolute Gasteiger partial charge is 0.0900 e. The molecule has 0 saturated heterocycles. The van der Waals surface area contributed by atoms with Crippen LogP contribution in [-0.2, 0) is 4.74 Å². The van der Waals surface area contributed by atoms with Crippen molar-refractivity contribution in [2.45, 2.75) is 32.4 Å². The lowest BCUT2D eigenvalue weighted by atomic mass is 10.2. The lowest BCUT2D eigenvalue weighted by Gasteiger charge is -2.26. The van der Waals surface area contributed by atoms with E-state index in [9.17, 15) is 5.11 Å². The molecule has 0 fully saturated rings. The van der Waals surface area contributed by atoms with Crippen LogP contribution in [0.4, 0.5) is 0 Å². The van der Waals surface area contributed by atoms with Gasteiger partial charge < -0.3 is 14.7 Å². The first kappa shape index (κ1) is 15.2. The van der Waals surface area contributed by atoms with Gasteiger partial charge in [-0.15, -0.1) is 0 Å². The average molecular weight is 235 g/mol. The normalized spacial score (nSPS) is 15.6. The third-order valence-electron chi connectivity index (χ3n) is 2.51. The van der Waals surface area contributed by atoms with Crippen molar-refractivity contribution in [3.8, 4) is 0 Å². The highest BCUT2D eigenvalue weighted by molar-refractivity contribution is 7.98. The van der Waals surface area contributed by atoms with Crippen molar-refractivity contribution in [2.75, 3.05) is 38.8 Å². The van der Waals surface area contributed by atoms with E-state index in [2.05, 4.69) is 25.1 Å². The van der Waals surface area contributed by atoms with Crippen molar-refractivity contribution in [3.05, 3.63) is 0 Å². The number of likely N-dealkylation sites (N-methyl/N-ethyl adjacent to an activating group) is 1. The van der Waals surface area contributed by atoms with Gasteiger partial charge in [0.25, 0.3) is 0 Å². The maximum absolute atomic E-state index is 9.65. The lowest BCUT2D eigenvalue weighted by molar-refractivity contribution is 0.0195. The molecule has 4 heteroatoms. The topological polar surface area (TPSA) is 32.7 Å². The standard InChI is InChI=1S/C11H25NO2S/c1-5-14-9-11(13)8-12(3)10(2)6-7-15-4/h10-11,13H,5-9H2,1-4H3.